The number of hydrogen-bond donors (Lipinski definition) is 2. The van der Waals surface area contributed by atoms with Gasteiger partial charge in [-0.1, -0.05) is 53.4 Å². The van der Waals surface area contributed by atoms with Crippen LogP contribution in [0.1, 0.15) is 99.8 Å². The number of aliphatic carboxylic acids is 2. The van der Waals surface area contributed by atoms with E-state index in [9.17, 15) is 0 Å². The van der Waals surface area contributed by atoms with Crippen molar-refractivity contribution in [2.75, 3.05) is 26.2 Å². The molecule has 0 rings (SSSR count). The van der Waals surface area contributed by atoms with Crippen LogP contribution < -0.4 is 11.3 Å². The number of carboxylic acids is 2. The van der Waals surface area contributed by atoms with E-state index in [2.05, 4.69) is 27.7 Å². The van der Waals surface area contributed by atoms with Crippen molar-refractivity contribution in [3.8, 4) is 6.07 Å². The average molecular weight is 420 g/mol. The number of carbonyl (C=O) groups excluding carboxylic acids is 1. The van der Waals surface area contributed by atoms with E-state index in [0.717, 1.165) is 13.8 Å². The highest BCUT2D eigenvalue weighted by atomic mass is 16.4. The van der Waals surface area contributed by atoms with Crippen LogP contribution >= 0.6 is 0 Å². The van der Waals surface area contributed by atoms with Crippen molar-refractivity contribution in [3.63, 3.8) is 0 Å². The predicted octanol–water partition coefficient (Wildman–Crippen LogP) is 4.54. The molecule has 29 heavy (non-hydrogen) atoms. The second-order valence-electron chi connectivity index (χ2n) is 6.88. The quantitative estimate of drug-likeness (QED) is 0.445. The van der Waals surface area contributed by atoms with Gasteiger partial charge in [0.15, 0.2) is 0 Å². The number of hydrogen-bond acceptors (Lipinski definition) is 5. The van der Waals surface area contributed by atoms with Crippen LogP contribution in [0.4, 0.5) is 0 Å². The number of nitriles is 1. The molecule has 0 amide bonds. The van der Waals surface area contributed by atoms with Gasteiger partial charge in [-0.2, -0.15) is 5.26 Å². The summed E-state index contributed by atoms with van der Waals surface area (Å²) in [7, 11) is 0. The molecule has 0 atom stereocenters. The van der Waals surface area contributed by atoms with E-state index in [1.165, 1.54) is 89.0 Å². The van der Waals surface area contributed by atoms with Gasteiger partial charge < -0.3 is 25.6 Å². The number of unbranched alkanes of at least 4 members (excludes halogenated alkanes) is 4. The van der Waals surface area contributed by atoms with Crippen molar-refractivity contribution in [1.29, 1.82) is 5.26 Å². The third kappa shape index (κ3) is 46.4. The average Bonchev–Trinajstić information content (AvgIpc) is 2.60. The van der Waals surface area contributed by atoms with E-state index in [-0.39, 0.29) is 6.15 Å². The molecule has 0 aromatic carbocycles. The van der Waals surface area contributed by atoms with E-state index in [0.29, 0.717) is 0 Å². The Morgan fingerprint density at radius 2 is 0.966 bits per heavy atom. The first-order chi connectivity index (χ1) is 13.1. The molecule has 7 nitrogen and oxygen atoms in total. The number of nitrogens with zero attached hydrogens (tertiary/aromatic N) is 2. The smallest absolute Gasteiger partial charge is 0.300 e. The molecule has 7 heteroatoms. The van der Waals surface area contributed by atoms with Gasteiger partial charge in [0.05, 0.1) is 32.2 Å². The molecule has 0 aromatic rings. The highest BCUT2D eigenvalue weighted by Gasteiger charge is 2.24. The lowest BCUT2D eigenvalue weighted by molar-refractivity contribution is -0.929. The molecule has 0 aliphatic carbocycles. The number of carbonyl (C=O) groups is 2. The van der Waals surface area contributed by atoms with Crippen molar-refractivity contribution in [1.82, 2.24) is 6.15 Å². The minimum absolute atomic E-state index is 0. The minimum Gasteiger partial charge on any atom is -0.550 e. The molecule has 0 spiro atoms. The van der Waals surface area contributed by atoms with Crippen LogP contribution in [-0.2, 0) is 9.59 Å². The Morgan fingerprint density at radius 3 is 1.07 bits per heavy atom. The molecule has 0 aromatic heterocycles. The van der Waals surface area contributed by atoms with Crippen molar-refractivity contribution in [2.24, 2.45) is 0 Å². The summed E-state index contributed by atoms with van der Waals surface area (Å²) in [6.07, 6.45) is 11.1. The first-order valence-electron chi connectivity index (χ1n) is 10.7. The highest BCUT2D eigenvalue weighted by molar-refractivity contribution is 5.63. The Kier molecular flexibility index (Phi) is 40.7. The first kappa shape index (κ1) is 38.0. The molecule has 0 unspecified atom stereocenters. The second kappa shape index (κ2) is 31.1. The van der Waals surface area contributed by atoms with E-state index in [1.807, 2.05) is 0 Å². The zero-order valence-electron chi connectivity index (χ0n) is 20.3. The number of quaternary nitrogens is 1. The van der Waals surface area contributed by atoms with Gasteiger partial charge in [-0.25, -0.2) is 0 Å². The normalized spacial score (nSPS) is 9.03. The van der Waals surface area contributed by atoms with E-state index in [1.54, 1.807) is 6.07 Å². The van der Waals surface area contributed by atoms with Gasteiger partial charge in [-0.05, 0) is 32.6 Å². The van der Waals surface area contributed by atoms with Crippen LogP contribution in [0.2, 0.25) is 0 Å². The minimum atomic E-state index is -1.08. The third-order valence-corrected chi connectivity index (χ3v) is 3.94. The molecule has 0 radical (unpaired) electrons. The fraction of sp³-hybridized carbons (Fsp3) is 0.864. The maximum Gasteiger partial charge on any atom is 0.300 e. The van der Waals surface area contributed by atoms with E-state index < -0.39 is 11.9 Å². The largest absolute Gasteiger partial charge is 0.550 e. The lowest BCUT2D eigenvalue weighted by Gasteiger charge is -2.39. The molecule has 4 N–H and O–H groups in total. The van der Waals surface area contributed by atoms with E-state index in [4.69, 9.17) is 25.1 Å². The van der Waals surface area contributed by atoms with Crippen molar-refractivity contribution in [2.45, 2.75) is 99.8 Å². The maximum atomic E-state index is 9.00. The molecule has 0 aliphatic rings. The summed E-state index contributed by atoms with van der Waals surface area (Å²) in [6.45, 7) is 18.5. The van der Waals surface area contributed by atoms with Crippen LogP contribution in [0, 0.1) is 11.3 Å². The molecular formula is C22H49N3O4. The second-order valence-corrected chi connectivity index (χ2v) is 6.88. The van der Waals surface area contributed by atoms with Gasteiger partial charge in [-0.15, -0.1) is 0 Å². The molecule has 0 heterocycles. The zero-order chi connectivity index (χ0) is 22.8. The first-order valence-corrected chi connectivity index (χ1v) is 10.7. The summed E-state index contributed by atoms with van der Waals surface area (Å²) in [6, 6.07) is 1.75. The summed E-state index contributed by atoms with van der Waals surface area (Å²) in [5, 5.41) is 23.6. The monoisotopic (exact) mass is 419 g/mol. The fourth-order valence-corrected chi connectivity index (χ4v) is 2.64. The Bertz CT molecular complexity index is 325. The SMILES string of the molecule is CC#N.CC(=O)O.CC(=O)[O-].CCCC[N+](CCCC)(CCCC)CCCC.N. The van der Waals surface area contributed by atoms with Gasteiger partial charge in [0.2, 0.25) is 0 Å². The highest BCUT2D eigenvalue weighted by Crippen LogP contribution is 2.16. The van der Waals surface area contributed by atoms with Gasteiger partial charge in [0.25, 0.3) is 5.97 Å². The van der Waals surface area contributed by atoms with Crippen molar-refractivity contribution >= 4 is 11.9 Å². The molecule has 0 bridgehead atoms. The van der Waals surface area contributed by atoms with Crippen molar-refractivity contribution in [3.05, 3.63) is 0 Å². The lowest BCUT2D eigenvalue weighted by atomic mass is 10.1. The molecule has 0 saturated heterocycles. The lowest BCUT2D eigenvalue weighted by Crippen LogP contribution is -2.50. The molecule has 176 valence electrons. The van der Waals surface area contributed by atoms with Crippen LogP contribution in [-0.4, -0.2) is 47.7 Å². The Labute approximate surface area is 180 Å². The molecule has 0 fully saturated rings. The van der Waals surface area contributed by atoms with Gasteiger partial charge in [0, 0.05) is 19.8 Å². The molecule has 0 aliphatic heterocycles. The maximum absolute atomic E-state index is 9.00. The summed E-state index contributed by atoms with van der Waals surface area (Å²) in [5.74, 6) is -1.92. The molecular weight excluding hydrogens is 370 g/mol. The van der Waals surface area contributed by atoms with Crippen LogP contribution in [0.25, 0.3) is 0 Å². The third-order valence-electron chi connectivity index (χ3n) is 3.94. The Morgan fingerprint density at radius 1 is 0.828 bits per heavy atom. The van der Waals surface area contributed by atoms with Crippen LogP contribution in [0.5, 0.6) is 0 Å². The van der Waals surface area contributed by atoms with Crippen molar-refractivity contribution < 1.29 is 24.3 Å². The summed E-state index contributed by atoms with van der Waals surface area (Å²) >= 11 is 0. The summed E-state index contributed by atoms with van der Waals surface area (Å²) in [5.41, 5.74) is 0. The topological polar surface area (TPSA) is 136 Å². The fourth-order valence-electron chi connectivity index (χ4n) is 2.64. The summed E-state index contributed by atoms with van der Waals surface area (Å²) < 4.78 is 1.42. The van der Waals surface area contributed by atoms with Crippen LogP contribution in [0.15, 0.2) is 0 Å². The summed E-state index contributed by atoms with van der Waals surface area (Å²) in [4.78, 5) is 17.9. The predicted molar refractivity (Wildman–Crippen MR) is 120 cm³/mol. The van der Waals surface area contributed by atoms with Gasteiger partial charge >= 0.3 is 0 Å². The van der Waals surface area contributed by atoms with E-state index >= 15 is 0 Å². The van der Waals surface area contributed by atoms with Crippen LogP contribution in [0.3, 0.4) is 0 Å². The standard InChI is InChI=1S/C16H36N.C2H3N.2C2H4O2.H3N/c1-5-9-13-17(14-10-6-2,15-11-7-3)16-12-8-4;1-2-3;2*1-2(3)4;/h5-16H2,1-4H3;1H3;2*1H3,(H,3,4);1H3/q+1;;;;/p-1. The van der Waals surface area contributed by atoms with Gasteiger partial charge in [0.1, 0.15) is 0 Å². The Balaban J connectivity index is -0.000000132. The number of carboxylic acid groups (broad SMARTS) is 2. The zero-order valence-corrected chi connectivity index (χ0v) is 20.3. The van der Waals surface area contributed by atoms with Gasteiger partial charge in [-0.3, -0.25) is 4.79 Å². The Hall–Kier alpha value is -1.65. The molecule has 0 saturated carbocycles. The number of rotatable bonds is 12.